The zero-order valence-corrected chi connectivity index (χ0v) is 12.8. The molecule has 1 aromatic carbocycles. The summed E-state index contributed by atoms with van der Waals surface area (Å²) < 4.78 is 0. The fourth-order valence-electron chi connectivity index (χ4n) is 3.39. The van der Waals surface area contributed by atoms with E-state index in [0.29, 0.717) is 19.4 Å². The smallest absolute Gasteiger partial charge is 0.246 e. The predicted octanol–water partition coefficient (Wildman–Crippen LogP) is 1.30. The standard InChI is InChI=1S/C17H23N3O2/c18-14-8-9-16(21)20(17(14)22)12-15(19-10-4-5-11-19)13-6-2-1-3-7-13/h1-3,6-7,14-15H,4-5,8-12,18H2/t14-,15?/m0/s1. The van der Waals surface area contributed by atoms with Crippen LogP contribution >= 0.6 is 0 Å². The fourth-order valence-corrected chi connectivity index (χ4v) is 3.39. The number of hydrogen-bond acceptors (Lipinski definition) is 4. The van der Waals surface area contributed by atoms with E-state index in [9.17, 15) is 9.59 Å². The van der Waals surface area contributed by atoms with Gasteiger partial charge < -0.3 is 5.73 Å². The van der Waals surface area contributed by atoms with E-state index in [2.05, 4.69) is 17.0 Å². The number of carbonyl (C=O) groups excluding carboxylic acids is 2. The highest BCUT2D eigenvalue weighted by atomic mass is 16.2. The van der Waals surface area contributed by atoms with Crippen LogP contribution < -0.4 is 5.73 Å². The third-order valence-corrected chi connectivity index (χ3v) is 4.67. The molecule has 118 valence electrons. The van der Waals surface area contributed by atoms with Crippen LogP contribution in [0.15, 0.2) is 30.3 Å². The lowest BCUT2D eigenvalue weighted by molar-refractivity contribution is -0.150. The summed E-state index contributed by atoms with van der Waals surface area (Å²) in [4.78, 5) is 28.2. The normalized spacial score (nSPS) is 24.8. The Labute approximate surface area is 131 Å². The molecule has 0 radical (unpaired) electrons. The van der Waals surface area contributed by atoms with Gasteiger partial charge in [-0.25, -0.2) is 0 Å². The first-order valence-electron chi connectivity index (χ1n) is 8.05. The van der Waals surface area contributed by atoms with Crippen LogP contribution in [-0.4, -0.2) is 47.3 Å². The minimum atomic E-state index is -0.535. The maximum Gasteiger partial charge on any atom is 0.246 e. The van der Waals surface area contributed by atoms with Gasteiger partial charge in [0.15, 0.2) is 0 Å². The maximum atomic E-state index is 12.3. The molecule has 0 bridgehead atoms. The molecule has 0 spiro atoms. The summed E-state index contributed by atoms with van der Waals surface area (Å²) in [7, 11) is 0. The van der Waals surface area contributed by atoms with Gasteiger partial charge in [-0.1, -0.05) is 30.3 Å². The summed E-state index contributed by atoms with van der Waals surface area (Å²) in [5, 5.41) is 0. The zero-order chi connectivity index (χ0) is 15.5. The van der Waals surface area contributed by atoms with Gasteiger partial charge in [-0.2, -0.15) is 0 Å². The average molecular weight is 301 g/mol. The number of nitrogens with zero attached hydrogens (tertiary/aromatic N) is 2. The number of amides is 2. The summed E-state index contributed by atoms with van der Waals surface area (Å²) >= 11 is 0. The number of nitrogens with two attached hydrogens (primary N) is 1. The summed E-state index contributed by atoms with van der Waals surface area (Å²) in [6, 6.07) is 9.67. The Kier molecular flexibility index (Phi) is 4.55. The molecule has 2 aliphatic heterocycles. The molecule has 2 fully saturated rings. The van der Waals surface area contributed by atoms with E-state index < -0.39 is 6.04 Å². The van der Waals surface area contributed by atoms with Gasteiger partial charge in [-0.15, -0.1) is 0 Å². The van der Waals surface area contributed by atoms with Crippen molar-refractivity contribution in [2.75, 3.05) is 19.6 Å². The molecule has 2 atom stereocenters. The number of likely N-dealkylation sites (tertiary alicyclic amines) is 2. The topological polar surface area (TPSA) is 66.6 Å². The lowest BCUT2D eigenvalue weighted by Crippen LogP contribution is -2.53. The predicted molar refractivity (Wildman–Crippen MR) is 83.9 cm³/mol. The van der Waals surface area contributed by atoms with Gasteiger partial charge in [0.2, 0.25) is 11.8 Å². The van der Waals surface area contributed by atoms with Gasteiger partial charge in [0.05, 0.1) is 12.1 Å². The van der Waals surface area contributed by atoms with Crippen LogP contribution in [0.25, 0.3) is 0 Å². The summed E-state index contributed by atoms with van der Waals surface area (Å²) in [6.07, 6.45) is 3.18. The Morgan fingerprint density at radius 2 is 1.82 bits per heavy atom. The molecule has 0 aliphatic carbocycles. The second-order valence-electron chi connectivity index (χ2n) is 6.16. The average Bonchev–Trinajstić information content (AvgIpc) is 3.06. The number of benzene rings is 1. The Morgan fingerprint density at radius 3 is 2.50 bits per heavy atom. The molecular formula is C17H23N3O2. The van der Waals surface area contributed by atoms with Gasteiger partial charge in [-0.05, 0) is 37.9 Å². The van der Waals surface area contributed by atoms with E-state index in [1.54, 1.807) is 0 Å². The molecule has 0 saturated carbocycles. The first-order valence-corrected chi connectivity index (χ1v) is 8.05. The Bertz CT molecular complexity index is 540. The van der Waals surface area contributed by atoms with E-state index in [0.717, 1.165) is 18.7 Å². The molecule has 3 rings (SSSR count). The van der Waals surface area contributed by atoms with Crippen molar-refractivity contribution in [2.45, 2.75) is 37.8 Å². The second kappa shape index (κ2) is 6.58. The molecule has 1 aromatic rings. The minimum Gasteiger partial charge on any atom is -0.320 e. The minimum absolute atomic E-state index is 0.0712. The number of carbonyl (C=O) groups is 2. The van der Waals surface area contributed by atoms with Crippen LogP contribution in [0.2, 0.25) is 0 Å². The SMILES string of the molecule is N[C@H]1CCC(=O)N(CC(c2ccccc2)N2CCCC2)C1=O. The second-order valence-corrected chi connectivity index (χ2v) is 6.16. The summed E-state index contributed by atoms with van der Waals surface area (Å²) in [5.41, 5.74) is 7.00. The van der Waals surface area contributed by atoms with Gasteiger partial charge in [0.1, 0.15) is 0 Å². The molecule has 1 unspecified atom stereocenters. The zero-order valence-electron chi connectivity index (χ0n) is 12.8. The van der Waals surface area contributed by atoms with Crippen molar-refractivity contribution in [2.24, 2.45) is 5.73 Å². The van der Waals surface area contributed by atoms with E-state index in [4.69, 9.17) is 5.73 Å². The largest absolute Gasteiger partial charge is 0.320 e. The highest BCUT2D eigenvalue weighted by Gasteiger charge is 2.35. The third-order valence-electron chi connectivity index (χ3n) is 4.67. The Hall–Kier alpha value is -1.72. The van der Waals surface area contributed by atoms with Crippen molar-refractivity contribution >= 4 is 11.8 Å². The van der Waals surface area contributed by atoms with Crippen LogP contribution in [0.3, 0.4) is 0 Å². The molecule has 0 aromatic heterocycles. The molecule has 2 saturated heterocycles. The van der Waals surface area contributed by atoms with E-state index in [1.807, 2.05) is 18.2 Å². The van der Waals surface area contributed by atoms with E-state index in [-0.39, 0.29) is 17.9 Å². The van der Waals surface area contributed by atoms with Crippen LogP contribution in [-0.2, 0) is 9.59 Å². The molecule has 22 heavy (non-hydrogen) atoms. The third kappa shape index (κ3) is 3.05. The highest BCUT2D eigenvalue weighted by molar-refractivity contribution is 6.00. The summed E-state index contributed by atoms with van der Waals surface area (Å²) in [5.74, 6) is -0.316. The first kappa shape index (κ1) is 15.2. The number of hydrogen-bond donors (Lipinski definition) is 1. The number of piperidine rings is 1. The molecule has 5 heteroatoms. The Morgan fingerprint density at radius 1 is 1.14 bits per heavy atom. The highest BCUT2D eigenvalue weighted by Crippen LogP contribution is 2.27. The number of rotatable bonds is 4. The number of imide groups is 1. The van der Waals surface area contributed by atoms with Crippen LogP contribution in [0.5, 0.6) is 0 Å². The molecule has 2 aliphatic rings. The van der Waals surface area contributed by atoms with Crippen molar-refractivity contribution in [3.8, 4) is 0 Å². The Balaban J connectivity index is 1.83. The lowest BCUT2D eigenvalue weighted by atomic mass is 10.0. The van der Waals surface area contributed by atoms with Crippen molar-refractivity contribution in [1.29, 1.82) is 0 Å². The summed E-state index contributed by atoms with van der Waals surface area (Å²) in [6.45, 7) is 2.44. The van der Waals surface area contributed by atoms with Crippen LogP contribution in [0, 0.1) is 0 Å². The van der Waals surface area contributed by atoms with Gasteiger partial charge in [0.25, 0.3) is 0 Å². The lowest BCUT2D eigenvalue weighted by Gasteiger charge is -2.35. The first-order chi connectivity index (χ1) is 10.7. The molecule has 2 amide bonds. The van der Waals surface area contributed by atoms with Crippen molar-refractivity contribution < 1.29 is 9.59 Å². The quantitative estimate of drug-likeness (QED) is 0.851. The van der Waals surface area contributed by atoms with Crippen molar-refractivity contribution in [3.63, 3.8) is 0 Å². The molecular weight excluding hydrogens is 278 g/mol. The van der Waals surface area contributed by atoms with Gasteiger partial charge in [-0.3, -0.25) is 19.4 Å². The maximum absolute atomic E-state index is 12.3. The molecule has 2 heterocycles. The van der Waals surface area contributed by atoms with Crippen molar-refractivity contribution in [1.82, 2.24) is 9.80 Å². The van der Waals surface area contributed by atoms with Crippen LogP contribution in [0.4, 0.5) is 0 Å². The van der Waals surface area contributed by atoms with Gasteiger partial charge in [0, 0.05) is 13.0 Å². The fraction of sp³-hybridized carbons (Fsp3) is 0.529. The van der Waals surface area contributed by atoms with Gasteiger partial charge >= 0.3 is 0 Å². The van der Waals surface area contributed by atoms with Crippen LogP contribution in [0.1, 0.15) is 37.3 Å². The van der Waals surface area contributed by atoms with E-state index in [1.165, 1.54) is 17.7 Å². The molecule has 2 N–H and O–H groups in total. The monoisotopic (exact) mass is 301 g/mol. The van der Waals surface area contributed by atoms with E-state index >= 15 is 0 Å². The molecule has 5 nitrogen and oxygen atoms in total. The van der Waals surface area contributed by atoms with Crippen molar-refractivity contribution in [3.05, 3.63) is 35.9 Å².